The highest BCUT2D eigenvalue weighted by Gasteiger charge is 2.58. The van der Waals surface area contributed by atoms with Crippen molar-refractivity contribution >= 4 is 15.6 Å². The summed E-state index contributed by atoms with van der Waals surface area (Å²) in [5.41, 5.74) is 5.19. The molecule has 0 aliphatic heterocycles. The number of nitrogens with two attached hydrogens (primary N) is 1. The number of carbonyl (C=O) groups excluding carboxylic acids is 1. The van der Waals surface area contributed by atoms with Gasteiger partial charge in [-0.05, 0) is 74.1 Å². The van der Waals surface area contributed by atoms with Gasteiger partial charge in [0.15, 0.2) is 9.84 Å². The van der Waals surface area contributed by atoms with E-state index in [-0.39, 0.29) is 34.6 Å². The molecular formula is C25H34FNO4S. The standard InChI is InChI=1S/C25H34FNO4S/c26-14-20(15-27)16-31-21-6-8-22(9-7-21)32(29,30)18-24-10-12-25(17-24,13-11-24)23(28)3-1-2-19-4-5-19/h6-9,14,19H,1-5,10-13,15-18,27H2/b20-14+. The Morgan fingerprint density at radius 2 is 1.84 bits per heavy atom. The summed E-state index contributed by atoms with van der Waals surface area (Å²) in [5.74, 6) is 1.78. The van der Waals surface area contributed by atoms with Gasteiger partial charge in [-0.25, -0.2) is 12.8 Å². The van der Waals surface area contributed by atoms with Crippen LogP contribution < -0.4 is 10.5 Å². The zero-order chi connectivity index (χ0) is 22.8. The molecule has 3 aliphatic carbocycles. The summed E-state index contributed by atoms with van der Waals surface area (Å²) >= 11 is 0. The van der Waals surface area contributed by atoms with Crippen molar-refractivity contribution in [1.82, 2.24) is 0 Å². The van der Waals surface area contributed by atoms with Gasteiger partial charge in [-0.2, -0.15) is 0 Å². The Bertz CT molecular complexity index is 958. The Balaban J connectivity index is 1.35. The molecule has 3 saturated carbocycles. The molecule has 0 heterocycles. The van der Waals surface area contributed by atoms with Crippen LogP contribution in [0.15, 0.2) is 41.1 Å². The van der Waals surface area contributed by atoms with Crippen LogP contribution in [0, 0.1) is 16.7 Å². The molecule has 5 nitrogen and oxygen atoms in total. The van der Waals surface area contributed by atoms with Gasteiger partial charge in [0.25, 0.3) is 0 Å². The van der Waals surface area contributed by atoms with Gasteiger partial charge < -0.3 is 10.5 Å². The number of hydrogen-bond donors (Lipinski definition) is 1. The van der Waals surface area contributed by atoms with Gasteiger partial charge in [-0.1, -0.05) is 19.3 Å². The maximum Gasteiger partial charge on any atom is 0.178 e. The molecule has 4 rings (SSSR count). The van der Waals surface area contributed by atoms with Crippen LogP contribution in [0.5, 0.6) is 5.75 Å². The molecule has 0 unspecified atom stereocenters. The van der Waals surface area contributed by atoms with Crippen LogP contribution in [0.2, 0.25) is 0 Å². The van der Waals surface area contributed by atoms with E-state index in [1.54, 1.807) is 24.3 Å². The van der Waals surface area contributed by atoms with Crippen LogP contribution in [0.25, 0.3) is 0 Å². The predicted octanol–water partition coefficient (Wildman–Crippen LogP) is 4.75. The van der Waals surface area contributed by atoms with Crippen molar-refractivity contribution in [2.24, 2.45) is 22.5 Å². The Morgan fingerprint density at radius 1 is 1.16 bits per heavy atom. The van der Waals surface area contributed by atoms with E-state index in [1.807, 2.05) is 0 Å². The van der Waals surface area contributed by atoms with Gasteiger partial charge >= 0.3 is 0 Å². The molecular weight excluding hydrogens is 429 g/mol. The lowest BCUT2D eigenvalue weighted by molar-refractivity contribution is -0.128. The molecule has 0 amide bonds. The van der Waals surface area contributed by atoms with E-state index < -0.39 is 9.84 Å². The monoisotopic (exact) mass is 463 g/mol. The largest absolute Gasteiger partial charge is 0.489 e. The van der Waals surface area contributed by atoms with Gasteiger partial charge in [0.1, 0.15) is 18.1 Å². The highest BCUT2D eigenvalue weighted by Crippen LogP contribution is 2.63. The summed E-state index contributed by atoms with van der Waals surface area (Å²) in [6.07, 6.45) is 9.90. The fraction of sp³-hybridized carbons (Fsp3) is 0.640. The van der Waals surface area contributed by atoms with Crippen molar-refractivity contribution < 1.29 is 22.3 Å². The average Bonchev–Trinajstić information content (AvgIpc) is 3.44. The maximum atomic E-state index is 13.2. The molecule has 7 heteroatoms. The number of sulfone groups is 1. The summed E-state index contributed by atoms with van der Waals surface area (Å²) in [6, 6.07) is 6.27. The molecule has 3 aliphatic rings. The van der Waals surface area contributed by atoms with Gasteiger partial charge in [0.05, 0.1) is 17.0 Å². The van der Waals surface area contributed by atoms with E-state index in [0.717, 1.165) is 44.4 Å². The first-order valence-electron chi connectivity index (χ1n) is 11.8. The minimum absolute atomic E-state index is 0.0268. The first kappa shape index (κ1) is 23.4. The van der Waals surface area contributed by atoms with Gasteiger partial charge in [0.2, 0.25) is 0 Å². The lowest BCUT2D eigenvalue weighted by Gasteiger charge is -2.27. The van der Waals surface area contributed by atoms with E-state index in [4.69, 9.17) is 10.5 Å². The highest BCUT2D eigenvalue weighted by atomic mass is 32.2. The van der Waals surface area contributed by atoms with E-state index in [1.165, 1.54) is 19.3 Å². The van der Waals surface area contributed by atoms with E-state index in [9.17, 15) is 17.6 Å². The molecule has 2 bridgehead atoms. The van der Waals surface area contributed by atoms with Crippen LogP contribution in [-0.2, 0) is 14.6 Å². The molecule has 176 valence electrons. The summed E-state index contributed by atoms with van der Waals surface area (Å²) in [7, 11) is -3.48. The fourth-order valence-corrected chi connectivity index (χ4v) is 7.58. The second-order valence-corrected chi connectivity index (χ2v) is 12.2. The Morgan fingerprint density at radius 3 is 2.44 bits per heavy atom. The Labute approximate surface area is 190 Å². The van der Waals surface area contributed by atoms with Crippen molar-refractivity contribution in [3.63, 3.8) is 0 Å². The first-order valence-corrected chi connectivity index (χ1v) is 13.4. The van der Waals surface area contributed by atoms with Gasteiger partial charge in [-0.15, -0.1) is 0 Å². The molecule has 0 atom stereocenters. The smallest absolute Gasteiger partial charge is 0.178 e. The Kier molecular flexibility index (Phi) is 6.78. The zero-order valence-corrected chi connectivity index (χ0v) is 19.5. The number of rotatable bonds is 12. The third-order valence-electron chi connectivity index (χ3n) is 7.81. The number of hydrogen-bond acceptors (Lipinski definition) is 5. The van der Waals surface area contributed by atoms with E-state index in [0.29, 0.717) is 29.9 Å². The lowest BCUT2D eigenvalue weighted by Crippen LogP contribution is -2.26. The third-order valence-corrected chi connectivity index (χ3v) is 9.79. The van der Waals surface area contributed by atoms with Crippen molar-refractivity contribution in [3.05, 3.63) is 36.2 Å². The van der Waals surface area contributed by atoms with Gasteiger partial charge in [-0.3, -0.25) is 4.79 Å². The molecule has 3 fully saturated rings. The normalized spacial score (nSPS) is 27.6. The fourth-order valence-electron chi connectivity index (χ4n) is 5.67. The summed E-state index contributed by atoms with van der Waals surface area (Å²) < 4.78 is 44.4. The number of halogens is 1. The van der Waals surface area contributed by atoms with Crippen LogP contribution in [0.4, 0.5) is 4.39 Å². The molecule has 1 aromatic carbocycles. The van der Waals surface area contributed by atoms with E-state index in [2.05, 4.69) is 0 Å². The topological polar surface area (TPSA) is 86.5 Å². The number of benzene rings is 1. The lowest BCUT2D eigenvalue weighted by atomic mass is 9.78. The van der Waals surface area contributed by atoms with Crippen LogP contribution in [0.3, 0.4) is 0 Å². The summed E-state index contributed by atoms with van der Waals surface area (Å²) in [5, 5.41) is 0. The molecule has 32 heavy (non-hydrogen) atoms. The average molecular weight is 464 g/mol. The molecule has 0 saturated heterocycles. The third kappa shape index (κ3) is 5.09. The number of carbonyl (C=O) groups is 1. The minimum Gasteiger partial charge on any atom is -0.489 e. The minimum atomic E-state index is -3.48. The van der Waals surface area contributed by atoms with Gasteiger partial charge in [0, 0.05) is 24.0 Å². The number of fused-ring (bicyclic) bond motifs is 2. The number of ether oxygens (including phenoxy) is 1. The maximum absolute atomic E-state index is 13.2. The molecule has 0 aromatic heterocycles. The van der Waals surface area contributed by atoms with Crippen molar-refractivity contribution in [3.8, 4) is 5.75 Å². The second kappa shape index (κ2) is 9.26. The van der Waals surface area contributed by atoms with Crippen LogP contribution in [-0.4, -0.2) is 33.1 Å². The van der Waals surface area contributed by atoms with Crippen molar-refractivity contribution in [2.75, 3.05) is 18.9 Å². The van der Waals surface area contributed by atoms with Crippen molar-refractivity contribution in [1.29, 1.82) is 0 Å². The first-order chi connectivity index (χ1) is 15.3. The number of ketones is 1. The number of Topliss-reactive ketones (excluding diaryl/α,β-unsaturated/α-hetero) is 1. The molecule has 1 aromatic rings. The van der Waals surface area contributed by atoms with Crippen LogP contribution in [0.1, 0.15) is 64.2 Å². The highest BCUT2D eigenvalue weighted by molar-refractivity contribution is 7.91. The second-order valence-electron chi connectivity index (χ2n) is 10.2. The molecule has 2 N–H and O–H groups in total. The van der Waals surface area contributed by atoms with E-state index >= 15 is 0 Å². The SMILES string of the molecule is NC/C(=C\F)COc1ccc(S(=O)(=O)CC23CCC(C(=O)CCCC4CC4)(CC2)C3)cc1. The summed E-state index contributed by atoms with van der Waals surface area (Å²) in [6.45, 7) is 0.0918. The van der Waals surface area contributed by atoms with Crippen molar-refractivity contribution in [2.45, 2.75) is 69.1 Å². The summed E-state index contributed by atoms with van der Waals surface area (Å²) in [4.78, 5) is 13.3. The Hall–Kier alpha value is -1.73. The predicted molar refractivity (Wildman–Crippen MR) is 122 cm³/mol. The van der Waals surface area contributed by atoms with Crippen LogP contribution >= 0.6 is 0 Å². The molecule has 0 radical (unpaired) electrons. The zero-order valence-electron chi connectivity index (χ0n) is 18.7. The quantitative estimate of drug-likeness (QED) is 0.483. The molecule has 0 spiro atoms.